The molecular weight excluding hydrogens is 392 g/mol. The highest BCUT2D eigenvalue weighted by atomic mass is 16.7. The fraction of sp³-hybridized carbons (Fsp3) is 0.864. The van der Waals surface area contributed by atoms with E-state index in [-0.39, 0.29) is 36.6 Å². The Labute approximate surface area is 176 Å². The molecule has 6 unspecified atom stereocenters. The molecule has 3 saturated heterocycles. The summed E-state index contributed by atoms with van der Waals surface area (Å²) < 4.78 is 23.0. The van der Waals surface area contributed by atoms with E-state index in [9.17, 15) is 19.5 Å². The van der Waals surface area contributed by atoms with Gasteiger partial charge in [0, 0.05) is 12.8 Å². The number of esters is 3. The van der Waals surface area contributed by atoms with Crippen LogP contribution in [0.25, 0.3) is 0 Å². The van der Waals surface area contributed by atoms with E-state index in [1.165, 1.54) is 0 Å². The Balaban J connectivity index is 1.85. The second kappa shape index (κ2) is 6.42. The van der Waals surface area contributed by atoms with Crippen LogP contribution in [0.3, 0.4) is 0 Å². The molecule has 1 N–H and O–H groups in total. The predicted molar refractivity (Wildman–Crippen MR) is 103 cm³/mol. The fourth-order valence-corrected chi connectivity index (χ4v) is 6.49. The minimum atomic E-state index is -1.36. The summed E-state index contributed by atoms with van der Waals surface area (Å²) in [5, 5.41) is 10.8. The van der Waals surface area contributed by atoms with E-state index >= 15 is 0 Å². The van der Waals surface area contributed by atoms with Crippen molar-refractivity contribution in [2.45, 2.75) is 97.4 Å². The van der Waals surface area contributed by atoms with Crippen LogP contribution in [0.15, 0.2) is 0 Å². The standard InChI is InChI=1S/C22H32O8/c1-7-14(23)27-13(20(5,6)26)9-22-12-8-11(19(2,3)4)21(22)10-15(24)29-18(21)30-16(22)17(25)28-12/h11-13,16,18,26H,7-10H2,1-6H3/t11-,12?,13?,16?,18?,21?,22?/m0/s1. The number of carbonyl (C=O) groups excluding carboxylic acids is 3. The highest BCUT2D eigenvalue weighted by Gasteiger charge is 2.85. The van der Waals surface area contributed by atoms with E-state index < -0.39 is 53.0 Å². The van der Waals surface area contributed by atoms with Gasteiger partial charge in [0.25, 0.3) is 0 Å². The molecule has 0 radical (unpaired) electrons. The molecule has 1 saturated carbocycles. The summed E-state index contributed by atoms with van der Waals surface area (Å²) in [5.41, 5.74) is -3.27. The van der Waals surface area contributed by atoms with Crippen molar-refractivity contribution in [1.82, 2.24) is 0 Å². The molecule has 4 fully saturated rings. The van der Waals surface area contributed by atoms with Crippen molar-refractivity contribution < 1.29 is 38.4 Å². The molecular formula is C22H32O8. The van der Waals surface area contributed by atoms with E-state index in [1.54, 1.807) is 20.8 Å². The van der Waals surface area contributed by atoms with E-state index in [1.807, 2.05) is 0 Å². The molecule has 0 aromatic rings. The van der Waals surface area contributed by atoms with Crippen molar-refractivity contribution in [3.05, 3.63) is 0 Å². The lowest BCUT2D eigenvalue weighted by atomic mass is 9.54. The average molecular weight is 424 g/mol. The third-order valence-electron chi connectivity index (χ3n) is 7.73. The summed E-state index contributed by atoms with van der Waals surface area (Å²) in [6.45, 7) is 11.1. The van der Waals surface area contributed by atoms with Crippen molar-refractivity contribution in [3.8, 4) is 0 Å². The molecule has 1 spiro atoms. The van der Waals surface area contributed by atoms with Crippen LogP contribution in [-0.4, -0.2) is 53.2 Å². The van der Waals surface area contributed by atoms with Crippen molar-refractivity contribution in [2.24, 2.45) is 22.2 Å². The van der Waals surface area contributed by atoms with Gasteiger partial charge in [0.15, 0.2) is 6.10 Å². The molecule has 8 heteroatoms. The highest BCUT2D eigenvalue weighted by molar-refractivity contribution is 5.82. The number of hydrogen-bond acceptors (Lipinski definition) is 8. The second-order valence-corrected chi connectivity index (χ2v) is 10.9. The van der Waals surface area contributed by atoms with Gasteiger partial charge in [-0.05, 0) is 31.6 Å². The molecule has 0 aromatic heterocycles. The van der Waals surface area contributed by atoms with Crippen LogP contribution in [0, 0.1) is 22.2 Å². The fourth-order valence-electron chi connectivity index (χ4n) is 6.49. The summed E-state index contributed by atoms with van der Waals surface area (Å²) in [6, 6.07) is 0. The van der Waals surface area contributed by atoms with Gasteiger partial charge in [-0.25, -0.2) is 4.79 Å². The molecule has 1 aliphatic carbocycles. The summed E-state index contributed by atoms with van der Waals surface area (Å²) in [7, 11) is 0. The van der Waals surface area contributed by atoms with Gasteiger partial charge in [0.2, 0.25) is 6.29 Å². The van der Waals surface area contributed by atoms with Crippen LogP contribution in [0.5, 0.6) is 0 Å². The molecule has 7 atom stereocenters. The zero-order valence-corrected chi connectivity index (χ0v) is 18.5. The Morgan fingerprint density at radius 2 is 1.90 bits per heavy atom. The number of ether oxygens (including phenoxy) is 4. The van der Waals surface area contributed by atoms with Crippen molar-refractivity contribution >= 4 is 17.9 Å². The third kappa shape index (κ3) is 2.68. The molecule has 30 heavy (non-hydrogen) atoms. The number of aliphatic hydroxyl groups is 1. The zero-order valence-electron chi connectivity index (χ0n) is 18.5. The Kier molecular flexibility index (Phi) is 4.61. The van der Waals surface area contributed by atoms with E-state index in [4.69, 9.17) is 18.9 Å². The zero-order chi connectivity index (χ0) is 22.3. The van der Waals surface area contributed by atoms with Crippen LogP contribution in [0.2, 0.25) is 0 Å². The Bertz CT molecular complexity index is 777. The van der Waals surface area contributed by atoms with Crippen molar-refractivity contribution in [1.29, 1.82) is 0 Å². The van der Waals surface area contributed by atoms with E-state index in [0.29, 0.717) is 6.42 Å². The molecule has 168 valence electrons. The lowest BCUT2D eigenvalue weighted by molar-refractivity contribution is -0.180. The van der Waals surface area contributed by atoms with Gasteiger partial charge in [-0.3, -0.25) is 9.59 Å². The first-order valence-electron chi connectivity index (χ1n) is 10.7. The Hall–Kier alpha value is -1.67. The van der Waals surface area contributed by atoms with Crippen LogP contribution in [0.4, 0.5) is 0 Å². The maximum atomic E-state index is 12.8. The van der Waals surface area contributed by atoms with Crippen LogP contribution in [-0.2, 0) is 33.3 Å². The molecule has 4 aliphatic rings. The van der Waals surface area contributed by atoms with E-state index in [0.717, 1.165) is 0 Å². The van der Waals surface area contributed by atoms with Gasteiger partial charge >= 0.3 is 17.9 Å². The number of hydrogen-bond donors (Lipinski definition) is 1. The summed E-state index contributed by atoms with van der Waals surface area (Å²) in [5.74, 6) is -1.30. The minimum Gasteiger partial charge on any atom is -0.460 e. The molecule has 3 heterocycles. The quantitative estimate of drug-likeness (QED) is 0.528. The summed E-state index contributed by atoms with van der Waals surface area (Å²) in [6.07, 6.45) is -2.14. The molecule has 8 nitrogen and oxygen atoms in total. The lowest BCUT2D eigenvalue weighted by Gasteiger charge is -2.46. The molecule has 3 aliphatic heterocycles. The highest BCUT2D eigenvalue weighted by Crippen LogP contribution is 2.76. The Morgan fingerprint density at radius 3 is 2.47 bits per heavy atom. The SMILES string of the molecule is CCC(=O)OC(CC12C3C[C@@H](C(C)(C)C)C14CC(=O)OC4OC2C(=O)O3)C(C)(C)O. The molecule has 4 rings (SSSR count). The smallest absolute Gasteiger partial charge is 0.336 e. The topological polar surface area (TPSA) is 108 Å². The average Bonchev–Trinajstić information content (AvgIpc) is 3.23. The van der Waals surface area contributed by atoms with Gasteiger partial charge in [0.05, 0.1) is 22.9 Å². The first-order chi connectivity index (χ1) is 13.8. The lowest BCUT2D eigenvalue weighted by Crippen LogP contribution is -2.54. The maximum absolute atomic E-state index is 12.8. The van der Waals surface area contributed by atoms with E-state index in [2.05, 4.69) is 20.8 Å². The molecule has 0 bridgehead atoms. The predicted octanol–water partition coefficient (Wildman–Crippen LogP) is 2.11. The number of carbonyl (C=O) groups is 3. The minimum absolute atomic E-state index is 0.0196. The largest absolute Gasteiger partial charge is 0.460 e. The number of rotatable bonds is 5. The maximum Gasteiger partial charge on any atom is 0.336 e. The summed E-state index contributed by atoms with van der Waals surface area (Å²) >= 11 is 0. The van der Waals surface area contributed by atoms with Gasteiger partial charge < -0.3 is 24.1 Å². The van der Waals surface area contributed by atoms with Crippen LogP contribution < -0.4 is 0 Å². The first kappa shape index (κ1) is 21.6. The monoisotopic (exact) mass is 424 g/mol. The van der Waals surface area contributed by atoms with Gasteiger partial charge in [-0.2, -0.15) is 0 Å². The van der Waals surface area contributed by atoms with Crippen LogP contribution in [0.1, 0.15) is 67.2 Å². The Morgan fingerprint density at radius 1 is 1.23 bits per heavy atom. The summed E-state index contributed by atoms with van der Waals surface area (Å²) in [4.78, 5) is 37.4. The second-order valence-electron chi connectivity index (χ2n) is 10.9. The van der Waals surface area contributed by atoms with Crippen molar-refractivity contribution in [2.75, 3.05) is 0 Å². The van der Waals surface area contributed by atoms with Crippen LogP contribution >= 0.6 is 0 Å². The van der Waals surface area contributed by atoms with Gasteiger partial charge in [-0.1, -0.05) is 27.7 Å². The van der Waals surface area contributed by atoms with Crippen molar-refractivity contribution in [3.63, 3.8) is 0 Å². The first-order valence-corrected chi connectivity index (χ1v) is 10.7. The molecule has 0 aromatic carbocycles. The van der Waals surface area contributed by atoms with Gasteiger partial charge in [0.1, 0.15) is 12.2 Å². The normalized spacial score (nSPS) is 40.6. The third-order valence-corrected chi connectivity index (χ3v) is 7.73. The molecule has 0 amide bonds. The van der Waals surface area contributed by atoms with Gasteiger partial charge in [-0.15, -0.1) is 0 Å².